The minimum absolute atomic E-state index is 0.166. The lowest BCUT2D eigenvalue weighted by Crippen LogP contribution is -2.14. The quantitative estimate of drug-likeness (QED) is 0.757. The predicted octanol–water partition coefficient (Wildman–Crippen LogP) is 3.30. The lowest BCUT2D eigenvalue weighted by molar-refractivity contribution is -0.115. The first-order valence-corrected chi connectivity index (χ1v) is 8.54. The van der Waals surface area contributed by atoms with Crippen molar-refractivity contribution in [1.29, 1.82) is 0 Å². The summed E-state index contributed by atoms with van der Waals surface area (Å²) in [5.41, 5.74) is 5.59. The molecule has 0 atom stereocenters. The highest BCUT2D eigenvalue weighted by atomic mass is 32.1. The van der Waals surface area contributed by atoms with Gasteiger partial charge in [0.1, 0.15) is 5.82 Å². The molecule has 0 fully saturated rings. The summed E-state index contributed by atoms with van der Waals surface area (Å²) in [6.07, 6.45) is 0.183. The number of nitrogens with zero attached hydrogens (tertiary/aromatic N) is 2. The van der Waals surface area contributed by atoms with Crippen LogP contribution in [0.1, 0.15) is 11.3 Å². The maximum atomic E-state index is 12.9. The summed E-state index contributed by atoms with van der Waals surface area (Å²) in [4.78, 5) is 20.9. The fraction of sp³-hybridized carbons (Fsp3) is 0.0556. The van der Waals surface area contributed by atoms with Crippen molar-refractivity contribution in [3.63, 3.8) is 0 Å². The first-order valence-electron chi connectivity index (χ1n) is 7.60. The average molecular weight is 352 g/mol. The molecule has 1 aromatic heterocycles. The van der Waals surface area contributed by atoms with Gasteiger partial charge in [0.25, 0.3) is 0 Å². The Morgan fingerprint density at radius 3 is 2.84 bits per heavy atom. The summed E-state index contributed by atoms with van der Waals surface area (Å²) in [5, 5.41) is 7.97. The van der Waals surface area contributed by atoms with Gasteiger partial charge in [0.2, 0.25) is 11.6 Å². The van der Waals surface area contributed by atoms with Crippen molar-refractivity contribution in [1.82, 2.24) is 9.98 Å². The van der Waals surface area contributed by atoms with E-state index in [1.165, 1.54) is 23.5 Å². The highest BCUT2D eigenvalue weighted by Crippen LogP contribution is 2.29. The van der Waals surface area contributed by atoms with E-state index in [0.29, 0.717) is 11.5 Å². The van der Waals surface area contributed by atoms with Gasteiger partial charge in [-0.05, 0) is 34.8 Å². The monoisotopic (exact) mass is 352 g/mol. The van der Waals surface area contributed by atoms with Crippen LogP contribution in [-0.2, 0) is 11.2 Å². The van der Waals surface area contributed by atoms with Gasteiger partial charge in [-0.25, -0.2) is 14.7 Å². The maximum Gasteiger partial charge on any atom is 0.348 e. The molecule has 123 valence electrons. The van der Waals surface area contributed by atoms with Gasteiger partial charge in [-0.2, -0.15) is 0 Å². The molecule has 1 radical (unpaired) electrons. The minimum atomic E-state index is -0.316. The summed E-state index contributed by atoms with van der Waals surface area (Å²) in [7, 11) is 0. The molecule has 5 nitrogen and oxygen atoms in total. The number of amides is 1. The third-order valence-corrected chi connectivity index (χ3v) is 4.31. The largest absolute Gasteiger partial charge is 0.348 e. The fourth-order valence-electron chi connectivity index (χ4n) is 2.53. The summed E-state index contributed by atoms with van der Waals surface area (Å²) in [6, 6.07) is 11.4. The third kappa shape index (κ3) is 3.41. The second-order valence-corrected chi connectivity index (χ2v) is 6.26. The summed E-state index contributed by atoms with van der Waals surface area (Å²) in [6.45, 7) is 0. The summed E-state index contributed by atoms with van der Waals surface area (Å²) < 4.78 is 12.9. The van der Waals surface area contributed by atoms with Crippen molar-refractivity contribution in [2.45, 2.75) is 6.42 Å². The Hall–Kier alpha value is -3.06. The molecule has 2 N–H and O–H groups in total. The fourth-order valence-corrected chi connectivity index (χ4v) is 3.06. The first-order chi connectivity index (χ1) is 12.2. The number of benzene rings is 2. The topological polar surface area (TPSA) is 68.1 Å². The molecule has 25 heavy (non-hydrogen) atoms. The van der Waals surface area contributed by atoms with Gasteiger partial charge in [-0.3, -0.25) is 4.79 Å². The molecule has 1 aliphatic rings. The molecule has 4 rings (SSSR count). The predicted molar refractivity (Wildman–Crippen MR) is 96.8 cm³/mol. The Kier molecular flexibility index (Phi) is 3.99. The number of hydrogen-bond acceptors (Lipinski definition) is 5. The number of thiazole rings is 1. The average Bonchev–Trinajstić information content (AvgIpc) is 3.25. The maximum absolute atomic E-state index is 12.9. The lowest BCUT2D eigenvalue weighted by atomic mass is 10.1. The number of fused-ring (bicyclic) bond motifs is 1. The van der Waals surface area contributed by atoms with E-state index in [1.807, 2.05) is 23.6 Å². The van der Waals surface area contributed by atoms with Gasteiger partial charge in [-0.15, -0.1) is 11.3 Å². The van der Waals surface area contributed by atoms with Gasteiger partial charge in [-0.1, -0.05) is 12.1 Å². The molecule has 0 unspecified atom stereocenters. The van der Waals surface area contributed by atoms with Crippen LogP contribution in [0.4, 0.5) is 21.5 Å². The second kappa shape index (κ2) is 6.45. The molecule has 2 heterocycles. The lowest BCUT2D eigenvalue weighted by Gasteiger charge is -2.05. The summed E-state index contributed by atoms with van der Waals surface area (Å²) in [5.74, 6) is 0.219. The normalized spacial score (nSPS) is 12.3. The van der Waals surface area contributed by atoms with Crippen LogP contribution in [-0.4, -0.2) is 16.7 Å². The highest BCUT2D eigenvalue weighted by Gasteiger charge is 2.27. The van der Waals surface area contributed by atoms with Crippen LogP contribution in [0.2, 0.25) is 0 Å². The van der Waals surface area contributed by atoms with Crippen LogP contribution in [0.15, 0.2) is 53.4 Å². The number of hydrogen-bond donors (Lipinski definition) is 2. The Bertz CT molecular complexity index is 952. The van der Waals surface area contributed by atoms with Crippen molar-refractivity contribution in [2.24, 2.45) is 0 Å². The Balaban J connectivity index is 1.46. The molecule has 0 spiro atoms. The number of carbonyl (C=O) groups is 1. The van der Waals surface area contributed by atoms with Crippen molar-refractivity contribution in [3.05, 3.63) is 70.4 Å². The molecule has 0 aliphatic carbocycles. The molecule has 0 bridgehead atoms. The van der Waals surface area contributed by atoms with E-state index in [0.717, 1.165) is 22.6 Å². The van der Waals surface area contributed by atoms with Gasteiger partial charge in [0, 0.05) is 17.1 Å². The van der Waals surface area contributed by atoms with Crippen LogP contribution in [0.25, 0.3) is 0 Å². The molecule has 0 saturated heterocycles. The number of aromatic nitrogens is 1. The number of nitrogens with one attached hydrogen (secondary N) is 2. The van der Waals surface area contributed by atoms with Crippen LogP contribution in [0.3, 0.4) is 0 Å². The van der Waals surface area contributed by atoms with Gasteiger partial charge < -0.3 is 5.32 Å². The number of anilines is 2. The van der Waals surface area contributed by atoms with Gasteiger partial charge >= 0.3 is 5.84 Å². The zero-order chi connectivity index (χ0) is 17.2. The first kappa shape index (κ1) is 15.5. The van der Waals surface area contributed by atoms with Crippen molar-refractivity contribution in [3.8, 4) is 0 Å². The third-order valence-electron chi connectivity index (χ3n) is 3.72. The van der Waals surface area contributed by atoms with Crippen molar-refractivity contribution < 1.29 is 9.18 Å². The molecule has 0 saturated carbocycles. The molecular formula is C18H13FN4OS+. The van der Waals surface area contributed by atoms with Crippen LogP contribution in [0.5, 0.6) is 0 Å². The molecule has 2 aromatic carbocycles. The zero-order valence-corrected chi connectivity index (χ0v) is 13.8. The summed E-state index contributed by atoms with van der Waals surface area (Å²) >= 11 is 1.51. The molecule has 1 aliphatic heterocycles. The van der Waals surface area contributed by atoms with E-state index >= 15 is 0 Å². The Morgan fingerprint density at radius 2 is 2.08 bits per heavy atom. The number of halogens is 1. The van der Waals surface area contributed by atoms with E-state index in [1.54, 1.807) is 17.6 Å². The standard InChI is InChI=1S/C18H13FN4OS/c19-12-3-1-11(2-4-12)7-17(24)21-13-5-6-14-15(8-13)23-18(22-14)16-9-25-10-20-16/h1-6,8-10,22H,7H2,(H,21,24)/q+1. The van der Waals surface area contributed by atoms with Crippen LogP contribution >= 0.6 is 11.3 Å². The number of rotatable bonds is 4. The number of carbonyl (C=O) groups excluding carboxylic acids is 1. The number of aliphatic imine (C=N–C) groups is 1. The Morgan fingerprint density at radius 1 is 1.24 bits per heavy atom. The minimum Gasteiger partial charge on any atom is -0.326 e. The second-order valence-electron chi connectivity index (χ2n) is 5.54. The van der Waals surface area contributed by atoms with Crippen molar-refractivity contribution in [2.75, 3.05) is 10.6 Å². The van der Waals surface area contributed by atoms with E-state index in [2.05, 4.69) is 20.6 Å². The molecule has 3 aromatic rings. The smallest absolute Gasteiger partial charge is 0.326 e. The van der Waals surface area contributed by atoms with Crippen LogP contribution in [0, 0.1) is 5.82 Å². The van der Waals surface area contributed by atoms with Gasteiger partial charge in [0.15, 0.2) is 11.4 Å². The molecule has 7 heteroatoms. The molecule has 1 amide bonds. The molecular weight excluding hydrogens is 339 g/mol. The zero-order valence-electron chi connectivity index (χ0n) is 13.0. The highest BCUT2D eigenvalue weighted by molar-refractivity contribution is 7.07. The van der Waals surface area contributed by atoms with Crippen molar-refractivity contribution >= 4 is 40.1 Å². The number of amidine groups is 1. The van der Waals surface area contributed by atoms with E-state index in [9.17, 15) is 9.18 Å². The van der Waals surface area contributed by atoms with Gasteiger partial charge in [0.05, 0.1) is 11.9 Å². The van der Waals surface area contributed by atoms with E-state index in [4.69, 9.17) is 0 Å². The van der Waals surface area contributed by atoms with E-state index < -0.39 is 0 Å². The Labute approximate surface area is 147 Å². The van der Waals surface area contributed by atoms with E-state index in [-0.39, 0.29) is 18.1 Å². The van der Waals surface area contributed by atoms with Crippen LogP contribution < -0.4 is 15.6 Å². The SMILES string of the molecule is O=C(Cc1ccc(F)cc1)Nc1ccc2c(c1)[N+]=C(c1cscn1)N2.